The van der Waals surface area contributed by atoms with Gasteiger partial charge in [-0.15, -0.1) is 0 Å². The Bertz CT molecular complexity index is 153. The minimum absolute atomic E-state index is 0. The molecule has 0 heterocycles. The molecule has 0 aliphatic rings. The van der Waals surface area contributed by atoms with Crippen molar-refractivity contribution in [2.75, 3.05) is 0 Å². The van der Waals surface area contributed by atoms with Gasteiger partial charge in [-0.2, -0.15) is 0 Å². The largest absolute Gasteiger partial charge is 2.00 e. The zero-order valence-corrected chi connectivity index (χ0v) is 8.68. The number of hydrogen-bond donors (Lipinski definition) is 1. The van der Waals surface area contributed by atoms with Crippen LogP contribution in [0.3, 0.4) is 0 Å². The number of carbonyl (C=O) groups excluding carboxylic acids is 1. The molecule has 1 N–H and O–H groups in total. The molecule has 0 atom stereocenters. The molecule has 0 aliphatic carbocycles. The summed E-state index contributed by atoms with van der Waals surface area (Å²) < 4.78 is 0. The van der Waals surface area contributed by atoms with E-state index in [4.69, 9.17) is 5.11 Å². The van der Waals surface area contributed by atoms with Crippen LogP contribution in [-0.4, -0.2) is 54.6 Å². The van der Waals surface area contributed by atoms with Gasteiger partial charge in [-0.3, -0.25) is 4.79 Å². The molecule has 0 radical (unpaired) electrons. The molecule has 10 heavy (non-hydrogen) atoms. The summed E-state index contributed by atoms with van der Waals surface area (Å²) in [5.74, 6) is -2.11. The van der Waals surface area contributed by atoms with Crippen LogP contribution in [0.5, 0.6) is 0 Å². The first-order valence-corrected chi connectivity index (χ1v) is 2.63. The van der Waals surface area contributed by atoms with E-state index < -0.39 is 17.2 Å². The third kappa shape index (κ3) is 4.25. The second-order valence-electron chi connectivity index (χ2n) is 2.88. The Morgan fingerprint density at radius 2 is 1.60 bits per heavy atom. The molecule has 0 saturated heterocycles. The van der Waals surface area contributed by atoms with Crippen molar-refractivity contribution >= 4 is 49.5 Å². The second-order valence-corrected chi connectivity index (χ2v) is 2.88. The third-order valence-electron chi connectivity index (χ3n) is 0.875. The van der Waals surface area contributed by atoms with Gasteiger partial charge in [-0.05, 0) is 0 Å². The number of hydrogen-bond acceptors (Lipinski definition) is 2. The molecule has 0 aliphatic heterocycles. The maximum Gasteiger partial charge on any atom is 2.00 e. The summed E-state index contributed by atoms with van der Waals surface area (Å²) in [6.07, 6.45) is 0. The van der Waals surface area contributed by atoms with E-state index in [0.29, 0.717) is 0 Å². The molecular weight excluding hydrogens is 160 g/mol. The van der Waals surface area contributed by atoms with Crippen LogP contribution in [0.15, 0.2) is 0 Å². The van der Waals surface area contributed by atoms with E-state index in [9.17, 15) is 9.59 Å². The Morgan fingerprint density at radius 1 is 1.30 bits per heavy atom. The van der Waals surface area contributed by atoms with Crippen molar-refractivity contribution in [1.82, 2.24) is 0 Å². The first-order valence-electron chi connectivity index (χ1n) is 2.63. The summed E-state index contributed by atoms with van der Waals surface area (Å²) in [6.45, 7) is 4.72. The van der Waals surface area contributed by atoms with Crippen LogP contribution < -0.4 is 0 Å². The summed E-state index contributed by atoms with van der Waals surface area (Å²) in [5.41, 5.74) is -0.758. The predicted octanol–water partition coefficient (Wildman–Crippen LogP) is 0.530. The Labute approximate surface area is 92.8 Å². The van der Waals surface area contributed by atoms with Gasteiger partial charge in [-0.25, -0.2) is 4.79 Å². The SMILES string of the molecule is CC(C)(C)C(=O)C(=O)O.[Ca+2].[H-].[H-]. The Morgan fingerprint density at radius 3 is 1.60 bits per heavy atom. The van der Waals surface area contributed by atoms with Crippen molar-refractivity contribution in [3.05, 3.63) is 0 Å². The fourth-order valence-electron chi connectivity index (χ4n) is 0.321. The molecule has 4 heteroatoms. The molecule has 0 unspecified atom stereocenters. The van der Waals surface area contributed by atoms with Crippen molar-refractivity contribution < 1.29 is 17.5 Å². The minimum atomic E-state index is -1.36. The Balaban J connectivity index is -0.000000107. The Kier molecular flexibility index (Phi) is 5.62. The number of carboxylic acid groups (broad SMARTS) is 1. The van der Waals surface area contributed by atoms with E-state index in [-0.39, 0.29) is 40.6 Å². The van der Waals surface area contributed by atoms with Crippen LogP contribution in [0.1, 0.15) is 23.6 Å². The smallest absolute Gasteiger partial charge is 1.00 e. The molecule has 3 nitrogen and oxygen atoms in total. The molecule has 56 valence electrons. The molecule has 0 aromatic carbocycles. The van der Waals surface area contributed by atoms with Crippen molar-refractivity contribution in [2.45, 2.75) is 20.8 Å². The summed E-state index contributed by atoms with van der Waals surface area (Å²) >= 11 is 0. The maximum absolute atomic E-state index is 10.6. The standard InChI is InChI=1S/C6H10O3.Ca.2H/c1-6(2,3)4(7)5(8)9;;;/h1-3H3,(H,8,9);;;/q;+2;2*-1. The Hall–Kier alpha value is 0.400. The first kappa shape index (κ1) is 13.0. The minimum Gasteiger partial charge on any atom is -1.00 e. The average Bonchev–Trinajstić information content (AvgIpc) is 1.62. The van der Waals surface area contributed by atoms with E-state index >= 15 is 0 Å². The van der Waals surface area contributed by atoms with Gasteiger partial charge in [0.05, 0.1) is 0 Å². The fraction of sp³-hybridized carbons (Fsp3) is 0.667. The molecule has 0 aromatic heterocycles. The molecule has 0 fully saturated rings. The second kappa shape index (κ2) is 4.31. The molecular formula is C6H12CaO3. The summed E-state index contributed by atoms with van der Waals surface area (Å²) in [7, 11) is 0. The number of rotatable bonds is 1. The molecule has 0 amide bonds. The van der Waals surface area contributed by atoms with E-state index in [2.05, 4.69) is 0 Å². The van der Waals surface area contributed by atoms with Gasteiger partial charge >= 0.3 is 43.7 Å². The van der Waals surface area contributed by atoms with Gasteiger partial charge in [0.25, 0.3) is 0 Å². The van der Waals surface area contributed by atoms with Crippen LogP contribution in [0.25, 0.3) is 0 Å². The van der Waals surface area contributed by atoms with Gasteiger partial charge in [0.1, 0.15) is 0 Å². The van der Waals surface area contributed by atoms with Crippen LogP contribution in [0.2, 0.25) is 0 Å². The summed E-state index contributed by atoms with van der Waals surface area (Å²) in [5, 5.41) is 8.17. The van der Waals surface area contributed by atoms with Gasteiger partial charge in [0.2, 0.25) is 5.78 Å². The topological polar surface area (TPSA) is 54.4 Å². The number of carboxylic acids is 1. The molecule has 0 saturated carbocycles. The van der Waals surface area contributed by atoms with E-state index in [1.165, 1.54) is 0 Å². The van der Waals surface area contributed by atoms with Crippen LogP contribution in [0.4, 0.5) is 0 Å². The van der Waals surface area contributed by atoms with Crippen LogP contribution >= 0.6 is 0 Å². The van der Waals surface area contributed by atoms with E-state index in [1.54, 1.807) is 20.8 Å². The monoisotopic (exact) mass is 172 g/mol. The number of aliphatic carboxylic acids is 1. The van der Waals surface area contributed by atoms with E-state index in [0.717, 1.165) is 0 Å². The van der Waals surface area contributed by atoms with Gasteiger partial charge in [0, 0.05) is 5.41 Å². The van der Waals surface area contributed by atoms with Gasteiger partial charge < -0.3 is 7.96 Å². The number of ketones is 1. The summed E-state index contributed by atoms with van der Waals surface area (Å²) in [6, 6.07) is 0. The quantitative estimate of drug-likeness (QED) is 0.463. The van der Waals surface area contributed by atoms with Gasteiger partial charge in [-0.1, -0.05) is 20.8 Å². The van der Waals surface area contributed by atoms with Crippen molar-refractivity contribution in [1.29, 1.82) is 0 Å². The van der Waals surface area contributed by atoms with Crippen LogP contribution in [-0.2, 0) is 9.59 Å². The predicted molar refractivity (Wildman–Crippen MR) is 40.1 cm³/mol. The average molecular weight is 172 g/mol. The van der Waals surface area contributed by atoms with Crippen molar-refractivity contribution in [2.24, 2.45) is 5.41 Å². The first-order chi connectivity index (χ1) is 3.85. The maximum atomic E-state index is 10.6. The summed E-state index contributed by atoms with van der Waals surface area (Å²) in [4.78, 5) is 20.6. The zero-order chi connectivity index (χ0) is 7.65. The van der Waals surface area contributed by atoms with Gasteiger partial charge in [0.15, 0.2) is 0 Å². The van der Waals surface area contributed by atoms with E-state index in [1.807, 2.05) is 0 Å². The molecule has 0 rings (SSSR count). The number of carbonyl (C=O) groups is 2. The van der Waals surface area contributed by atoms with Crippen molar-refractivity contribution in [3.8, 4) is 0 Å². The third-order valence-corrected chi connectivity index (χ3v) is 0.875. The molecule has 0 bridgehead atoms. The fourth-order valence-corrected chi connectivity index (χ4v) is 0.321. The normalized spacial score (nSPS) is 9.90. The van der Waals surface area contributed by atoms with Crippen LogP contribution in [0, 0.1) is 5.41 Å². The van der Waals surface area contributed by atoms with Crippen molar-refractivity contribution in [3.63, 3.8) is 0 Å². The molecule has 0 aromatic rings. The number of Topliss-reactive ketones (excluding diaryl/α,β-unsaturated/α-hetero) is 1. The molecule has 0 spiro atoms. The zero-order valence-electron chi connectivity index (χ0n) is 8.47.